The van der Waals surface area contributed by atoms with Gasteiger partial charge in [-0.2, -0.15) is 0 Å². The second-order valence-electron chi connectivity index (χ2n) is 6.97. The van der Waals surface area contributed by atoms with Gasteiger partial charge in [0.25, 0.3) is 0 Å². The first-order valence-electron chi connectivity index (χ1n) is 8.91. The highest BCUT2D eigenvalue weighted by atomic mass is 16.5. The zero-order valence-electron chi connectivity index (χ0n) is 16.0. The van der Waals surface area contributed by atoms with Crippen molar-refractivity contribution >= 4 is 21.8 Å². The molecule has 0 spiro atoms. The molecule has 5 heteroatoms. The molecule has 1 aromatic heterocycles. The molecular weight excluding hydrogens is 326 g/mol. The molecule has 0 aliphatic carbocycles. The minimum atomic E-state index is 0.643. The van der Waals surface area contributed by atoms with Crippen LogP contribution in [0.2, 0.25) is 0 Å². The molecular formula is C21H27N3O2. The molecule has 0 saturated heterocycles. The van der Waals surface area contributed by atoms with E-state index in [1.807, 2.05) is 52.5 Å². The summed E-state index contributed by atoms with van der Waals surface area (Å²) in [5.41, 5.74) is 1.85. The molecule has 3 rings (SSSR count). The predicted octanol–water partition coefficient (Wildman–Crippen LogP) is 3.27. The number of likely N-dealkylation sites (N-methyl/N-ethyl adjacent to an activating group) is 2. The van der Waals surface area contributed by atoms with Crippen LogP contribution in [-0.2, 0) is 0 Å². The molecule has 0 saturated carbocycles. The first-order chi connectivity index (χ1) is 12.5. The number of nitrogens with zero attached hydrogens (tertiary/aromatic N) is 3. The van der Waals surface area contributed by atoms with E-state index in [1.54, 1.807) is 0 Å². The molecule has 0 radical (unpaired) electrons. The Balaban J connectivity index is 1.85. The van der Waals surface area contributed by atoms with Crippen LogP contribution in [0, 0.1) is 0 Å². The number of ether oxygens (including phenoxy) is 2. The Morgan fingerprint density at radius 3 is 2.27 bits per heavy atom. The van der Waals surface area contributed by atoms with Crippen LogP contribution in [0.5, 0.6) is 11.5 Å². The van der Waals surface area contributed by atoms with E-state index in [4.69, 9.17) is 14.5 Å². The summed E-state index contributed by atoms with van der Waals surface area (Å²) in [5.74, 6) is 1.71. The fourth-order valence-electron chi connectivity index (χ4n) is 2.70. The topological polar surface area (TPSA) is 37.8 Å². The summed E-state index contributed by atoms with van der Waals surface area (Å²) in [4.78, 5) is 9.03. The van der Waals surface area contributed by atoms with Crippen molar-refractivity contribution in [2.45, 2.75) is 0 Å². The lowest BCUT2D eigenvalue weighted by atomic mass is 10.1. The summed E-state index contributed by atoms with van der Waals surface area (Å²) in [6.45, 7) is 3.08. The van der Waals surface area contributed by atoms with Crippen LogP contribution in [-0.4, -0.2) is 69.3 Å². The van der Waals surface area contributed by atoms with Crippen molar-refractivity contribution in [1.29, 1.82) is 0 Å². The Kier molecular flexibility index (Phi) is 5.91. The van der Waals surface area contributed by atoms with Crippen LogP contribution in [0.4, 0.5) is 0 Å². The summed E-state index contributed by atoms with van der Waals surface area (Å²) >= 11 is 0. The van der Waals surface area contributed by atoms with Gasteiger partial charge in [0, 0.05) is 23.9 Å². The van der Waals surface area contributed by atoms with Crippen LogP contribution in [0.25, 0.3) is 21.8 Å². The molecule has 0 unspecified atom stereocenters. The molecule has 26 heavy (non-hydrogen) atoms. The van der Waals surface area contributed by atoms with E-state index in [2.05, 4.69) is 28.0 Å². The van der Waals surface area contributed by atoms with Crippen LogP contribution >= 0.6 is 0 Å². The van der Waals surface area contributed by atoms with Crippen molar-refractivity contribution in [1.82, 2.24) is 14.8 Å². The Labute approximate surface area is 155 Å². The maximum Gasteiger partial charge on any atom is 0.145 e. The zero-order chi connectivity index (χ0) is 18.5. The van der Waals surface area contributed by atoms with Gasteiger partial charge in [0.2, 0.25) is 0 Å². The maximum atomic E-state index is 5.94. The smallest absolute Gasteiger partial charge is 0.145 e. The standard InChI is InChI=1S/C21H27N3O2/c1-23(2)10-12-25-18-8-9-19-17(15-18)14-16-6-5-7-20(21(16)22-19)26-13-11-24(3)4/h5-9,14-15H,10-13H2,1-4H3. The summed E-state index contributed by atoms with van der Waals surface area (Å²) in [5, 5.41) is 2.15. The minimum absolute atomic E-state index is 0.643. The highest BCUT2D eigenvalue weighted by Gasteiger charge is 2.07. The predicted molar refractivity (Wildman–Crippen MR) is 107 cm³/mol. The molecule has 0 fully saturated rings. The number of benzene rings is 2. The number of rotatable bonds is 8. The number of fused-ring (bicyclic) bond motifs is 2. The van der Waals surface area contributed by atoms with Gasteiger partial charge in [-0.1, -0.05) is 12.1 Å². The van der Waals surface area contributed by atoms with Gasteiger partial charge in [-0.15, -0.1) is 0 Å². The SMILES string of the molecule is CN(C)CCOc1ccc2nc3c(OCCN(C)C)cccc3cc2c1. The van der Waals surface area contributed by atoms with Crippen LogP contribution in [0.15, 0.2) is 42.5 Å². The lowest BCUT2D eigenvalue weighted by molar-refractivity contribution is 0.261. The minimum Gasteiger partial charge on any atom is -0.492 e. The summed E-state index contributed by atoms with van der Waals surface area (Å²) in [6, 6.07) is 14.3. The molecule has 0 aliphatic heterocycles. The summed E-state index contributed by atoms with van der Waals surface area (Å²) in [7, 11) is 8.16. The van der Waals surface area contributed by atoms with Gasteiger partial charge in [-0.25, -0.2) is 4.98 Å². The van der Waals surface area contributed by atoms with Crippen LogP contribution in [0.1, 0.15) is 0 Å². The maximum absolute atomic E-state index is 5.94. The molecule has 1 heterocycles. The van der Waals surface area contributed by atoms with E-state index >= 15 is 0 Å². The van der Waals surface area contributed by atoms with E-state index in [0.717, 1.165) is 46.4 Å². The largest absolute Gasteiger partial charge is 0.492 e. The quantitative estimate of drug-likeness (QED) is 0.581. The molecule has 0 aliphatic rings. The van der Waals surface area contributed by atoms with E-state index in [-0.39, 0.29) is 0 Å². The number of pyridine rings is 1. The van der Waals surface area contributed by atoms with Crippen molar-refractivity contribution in [2.24, 2.45) is 0 Å². The third-order valence-electron chi connectivity index (χ3n) is 4.18. The van der Waals surface area contributed by atoms with Crippen LogP contribution in [0.3, 0.4) is 0 Å². The van der Waals surface area contributed by atoms with Crippen molar-refractivity contribution in [3.05, 3.63) is 42.5 Å². The van der Waals surface area contributed by atoms with E-state index < -0.39 is 0 Å². The van der Waals surface area contributed by atoms with Gasteiger partial charge in [-0.3, -0.25) is 0 Å². The van der Waals surface area contributed by atoms with Crippen LogP contribution < -0.4 is 9.47 Å². The number of para-hydroxylation sites is 1. The van der Waals surface area contributed by atoms with E-state index in [0.29, 0.717) is 13.2 Å². The Morgan fingerprint density at radius 1 is 0.808 bits per heavy atom. The average molecular weight is 353 g/mol. The number of hydrogen-bond donors (Lipinski definition) is 0. The Bertz CT molecular complexity index is 877. The highest BCUT2D eigenvalue weighted by Crippen LogP contribution is 2.29. The molecule has 5 nitrogen and oxygen atoms in total. The molecule has 3 aromatic rings. The monoisotopic (exact) mass is 353 g/mol. The molecule has 0 amide bonds. The molecule has 0 N–H and O–H groups in total. The fraction of sp³-hybridized carbons (Fsp3) is 0.381. The van der Waals surface area contributed by atoms with Crippen molar-refractivity contribution < 1.29 is 9.47 Å². The first-order valence-corrected chi connectivity index (χ1v) is 8.91. The average Bonchev–Trinajstić information content (AvgIpc) is 2.59. The normalized spacial score (nSPS) is 11.6. The number of hydrogen-bond acceptors (Lipinski definition) is 5. The second-order valence-corrected chi connectivity index (χ2v) is 6.97. The van der Waals surface area contributed by atoms with Gasteiger partial charge in [0.05, 0.1) is 5.52 Å². The highest BCUT2D eigenvalue weighted by molar-refractivity contribution is 5.95. The van der Waals surface area contributed by atoms with E-state index in [1.165, 1.54) is 0 Å². The third-order valence-corrected chi connectivity index (χ3v) is 4.18. The van der Waals surface area contributed by atoms with Gasteiger partial charge in [0.15, 0.2) is 0 Å². The first kappa shape index (κ1) is 18.4. The van der Waals surface area contributed by atoms with Gasteiger partial charge in [-0.05, 0) is 58.5 Å². The van der Waals surface area contributed by atoms with Crippen molar-refractivity contribution in [3.8, 4) is 11.5 Å². The van der Waals surface area contributed by atoms with Crippen molar-refractivity contribution in [3.63, 3.8) is 0 Å². The van der Waals surface area contributed by atoms with Gasteiger partial charge >= 0.3 is 0 Å². The molecule has 0 atom stereocenters. The fourth-order valence-corrected chi connectivity index (χ4v) is 2.70. The van der Waals surface area contributed by atoms with E-state index in [9.17, 15) is 0 Å². The van der Waals surface area contributed by atoms with Gasteiger partial charge < -0.3 is 19.3 Å². The zero-order valence-corrected chi connectivity index (χ0v) is 16.0. The molecule has 0 bridgehead atoms. The lowest BCUT2D eigenvalue weighted by Crippen LogP contribution is -2.19. The Hall–Kier alpha value is -2.37. The van der Waals surface area contributed by atoms with Gasteiger partial charge in [0.1, 0.15) is 30.2 Å². The van der Waals surface area contributed by atoms with Crippen molar-refractivity contribution in [2.75, 3.05) is 54.5 Å². The second kappa shape index (κ2) is 8.34. The summed E-state index contributed by atoms with van der Waals surface area (Å²) < 4.78 is 11.8. The molecule has 138 valence electrons. The Morgan fingerprint density at radius 2 is 1.54 bits per heavy atom. The third kappa shape index (κ3) is 4.62. The number of aromatic nitrogens is 1. The molecule has 2 aromatic carbocycles. The summed E-state index contributed by atoms with van der Waals surface area (Å²) in [6.07, 6.45) is 0. The lowest BCUT2D eigenvalue weighted by Gasteiger charge is -2.13.